The fourth-order valence-corrected chi connectivity index (χ4v) is 3.54. The van der Waals surface area contributed by atoms with E-state index in [9.17, 15) is 9.59 Å². The Hall–Kier alpha value is -2.08. The molecular formula is C20H28N2O3S. The molecule has 0 saturated heterocycles. The fraction of sp³-hybridized carbons (Fsp3) is 0.500. The van der Waals surface area contributed by atoms with Gasteiger partial charge in [-0.25, -0.2) is 0 Å². The van der Waals surface area contributed by atoms with Gasteiger partial charge in [0.05, 0.1) is 30.2 Å². The Kier molecular flexibility index (Phi) is 5.66. The highest BCUT2D eigenvalue weighted by Gasteiger charge is 2.45. The molecule has 1 amide bonds. The van der Waals surface area contributed by atoms with Crippen LogP contribution in [0.1, 0.15) is 54.3 Å². The number of nitrogens with zero attached hydrogens (tertiary/aromatic N) is 1. The Morgan fingerprint density at radius 2 is 1.88 bits per heavy atom. The van der Waals surface area contributed by atoms with E-state index in [0.717, 1.165) is 17.9 Å². The van der Waals surface area contributed by atoms with Gasteiger partial charge in [0.25, 0.3) is 5.91 Å². The maximum atomic E-state index is 12.9. The summed E-state index contributed by atoms with van der Waals surface area (Å²) in [6.07, 6.45) is 0. The number of carbonyl (C=O) groups excluding carboxylic acids is 2. The molecule has 0 saturated carbocycles. The van der Waals surface area contributed by atoms with Crippen molar-refractivity contribution < 1.29 is 14.3 Å². The summed E-state index contributed by atoms with van der Waals surface area (Å²) in [5.74, 6) is -0.538. The second kappa shape index (κ2) is 7.27. The fourth-order valence-electron chi connectivity index (χ4n) is 2.85. The molecule has 0 aliphatic carbocycles. The second-order valence-electron chi connectivity index (χ2n) is 7.65. The first-order chi connectivity index (χ1) is 12.0. The molecule has 2 aromatic heterocycles. The van der Waals surface area contributed by atoms with E-state index in [1.54, 1.807) is 25.2 Å². The third-order valence-corrected chi connectivity index (χ3v) is 6.26. The van der Waals surface area contributed by atoms with Crippen LogP contribution in [0.2, 0.25) is 0 Å². The van der Waals surface area contributed by atoms with E-state index in [0.29, 0.717) is 5.56 Å². The summed E-state index contributed by atoms with van der Waals surface area (Å²) in [7, 11) is 1.36. The number of methoxy groups -OCH3 is 1. The van der Waals surface area contributed by atoms with E-state index in [2.05, 4.69) is 21.3 Å². The Labute approximate surface area is 159 Å². The minimum Gasteiger partial charge on any atom is -0.469 e. The van der Waals surface area contributed by atoms with Gasteiger partial charge in [0.15, 0.2) is 0 Å². The van der Waals surface area contributed by atoms with Gasteiger partial charge in [0, 0.05) is 16.3 Å². The summed E-state index contributed by atoms with van der Waals surface area (Å²) in [5, 5.41) is 5.07. The zero-order valence-electron chi connectivity index (χ0n) is 16.6. The molecule has 26 heavy (non-hydrogen) atoms. The van der Waals surface area contributed by atoms with Crippen molar-refractivity contribution in [1.82, 2.24) is 9.88 Å². The molecule has 2 heterocycles. The summed E-state index contributed by atoms with van der Waals surface area (Å²) >= 11 is 1.70. The number of thiophene rings is 1. The van der Waals surface area contributed by atoms with Crippen LogP contribution >= 0.6 is 11.3 Å². The Morgan fingerprint density at radius 3 is 2.42 bits per heavy atom. The third-order valence-electron chi connectivity index (χ3n) is 5.40. The van der Waals surface area contributed by atoms with Crippen LogP contribution in [-0.4, -0.2) is 29.1 Å². The number of aryl methyl sites for hydroxylation is 1. The number of hydrogen-bond acceptors (Lipinski definition) is 4. The molecule has 0 radical (unpaired) electrons. The van der Waals surface area contributed by atoms with Crippen molar-refractivity contribution in [3.63, 3.8) is 0 Å². The monoisotopic (exact) mass is 376 g/mol. The third kappa shape index (κ3) is 3.70. The van der Waals surface area contributed by atoms with E-state index in [1.165, 1.54) is 12.0 Å². The molecule has 142 valence electrons. The molecule has 0 fully saturated rings. The molecule has 2 aromatic rings. The lowest BCUT2D eigenvalue weighted by Gasteiger charge is -2.39. The molecule has 2 rings (SSSR count). The van der Waals surface area contributed by atoms with Crippen LogP contribution in [-0.2, 0) is 16.1 Å². The quantitative estimate of drug-likeness (QED) is 0.777. The van der Waals surface area contributed by atoms with Gasteiger partial charge in [-0.05, 0) is 59.1 Å². The number of carbonyl (C=O) groups is 2. The van der Waals surface area contributed by atoms with Crippen LogP contribution in [0.15, 0.2) is 23.6 Å². The van der Waals surface area contributed by atoms with Gasteiger partial charge in [-0.3, -0.25) is 9.59 Å². The molecule has 6 heteroatoms. The molecular weight excluding hydrogens is 348 g/mol. The van der Waals surface area contributed by atoms with Gasteiger partial charge in [-0.15, -0.1) is 11.3 Å². The van der Waals surface area contributed by atoms with Crippen molar-refractivity contribution in [1.29, 1.82) is 0 Å². The molecule has 0 aliphatic rings. The first-order valence-electron chi connectivity index (χ1n) is 8.61. The number of esters is 1. The molecule has 0 aromatic carbocycles. The van der Waals surface area contributed by atoms with Crippen molar-refractivity contribution >= 4 is 23.2 Å². The first kappa shape index (κ1) is 20.2. The van der Waals surface area contributed by atoms with Gasteiger partial charge >= 0.3 is 5.97 Å². The van der Waals surface area contributed by atoms with Crippen LogP contribution in [0.4, 0.5) is 0 Å². The minimum atomic E-state index is -0.861. The highest BCUT2D eigenvalue weighted by Crippen LogP contribution is 2.32. The summed E-state index contributed by atoms with van der Waals surface area (Å²) in [6, 6.07) is 6.02. The Morgan fingerprint density at radius 1 is 1.23 bits per heavy atom. The minimum absolute atomic E-state index is 0.183. The summed E-state index contributed by atoms with van der Waals surface area (Å²) in [4.78, 5) is 26.3. The van der Waals surface area contributed by atoms with Gasteiger partial charge < -0.3 is 14.6 Å². The highest BCUT2D eigenvalue weighted by molar-refractivity contribution is 7.09. The van der Waals surface area contributed by atoms with Crippen LogP contribution in [0.3, 0.4) is 0 Å². The standard InChI is InChI=1S/C20H28N2O3S/c1-13-11-16(14(2)22(13)12-15-9-8-10-26-15)17(23)21-20(5,6)19(3,4)18(24)25-7/h8-11H,12H2,1-7H3,(H,21,23). The average molecular weight is 377 g/mol. The zero-order valence-corrected chi connectivity index (χ0v) is 17.4. The Bertz CT molecular complexity index is 801. The number of amides is 1. The van der Waals surface area contributed by atoms with E-state index >= 15 is 0 Å². The smallest absolute Gasteiger partial charge is 0.313 e. The zero-order chi connectivity index (χ0) is 19.7. The SMILES string of the molecule is COC(=O)C(C)(C)C(C)(C)NC(=O)c1cc(C)n(Cc2cccs2)c1C. The van der Waals surface area contributed by atoms with Crippen LogP contribution in [0, 0.1) is 19.3 Å². The summed E-state index contributed by atoms with van der Waals surface area (Å²) in [6.45, 7) is 11.9. The molecule has 0 spiro atoms. The normalized spacial score (nSPS) is 12.1. The topological polar surface area (TPSA) is 60.3 Å². The molecule has 0 unspecified atom stereocenters. The molecule has 0 aliphatic heterocycles. The van der Waals surface area contributed by atoms with E-state index in [-0.39, 0.29) is 11.9 Å². The lowest BCUT2D eigenvalue weighted by molar-refractivity contribution is -0.154. The number of aromatic nitrogens is 1. The van der Waals surface area contributed by atoms with Crippen LogP contribution in [0.25, 0.3) is 0 Å². The number of nitrogens with one attached hydrogen (secondary N) is 1. The van der Waals surface area contributed by atoms with Gasteiger partial charge in [0.2, 0.25) is 0 Å². The number of hydrogen-bond donors (Lipinski definition) is 1. The van der Waals surface area contributed by atoms with Gasteiger partial charge in [-0.1, -0.05) is 6.07 Å². The van der Waals surface area contributed by atoms with Crippen LogP contribution < -0.4 is 5.32 Å². The van der Waals surface area contributed by atoms with Crippen LogP contribution in [0.5, 0.6) is 0 Å². The van der Waals surface area contributed by atoms with E-state index in [4.69, 9.17) is 4.74 Å². The highest BCUT2D eigenvalue weighted by atomic mass is 32.1. The second-order valence-corrected chi connectivity index (χ2v) is 8.68. The van der Waals surface area contributed by atoms with Crippen molar-refractivity contribution in [3.8, 4) is 0 Å². The van der Waals surface area contributed by atoms with Crippen molar-refractivity contribution in [3.05, 3.63) is 45.4 Å². The molecule has 0 bridgehead atoms. The van der Waals surface area contributed by atoms with E-state index in [1.807, 2.05) is 39.8 Å². The average Bonchev–Trinajstić information content (AvgIpc) is 3.17. The molecule has 1 N–H and O–H groups in total. The number of rotatable bonds is 6. The van der Waals surface area contributed by atoms with Crippen molar-refractivity contribution in [2.45, 2.75) is 53.6 Å². The van der Waals surface area contributed by atoms with E-state index < -0.39 is 11.0 Å². The lowest BCUT2D eigenvalue weighted by atomic mass is 9.74. The lowest BCUT2D eigenvalue weighted by Crippen LogP contribution is -2.57. The van der Waals surface area contributed by atoms with Crippen molar-refractivity contribution in [2.24, 2.45) is 5.41 Å². The Balaban J connectivity index is 2.26. The van der Waals surface area contributed by atoms with Gasteiger partial charge in [0.1, 0.15) is 0 Å². The predicted molar refractivity (Wildman–Crippen MR) is 105 cm³/mol. The van der Waals surface area contributed by atoms with Gasteiger partial charge in [-0.2, -0.15) is 0 Å². The van der Waals surface area contributed by atoms with Crippen molar-refractivity contribution in [2.75, 3.05) is 7.11 Å². The largest absolute Gasteiger partial charge is 0.469 e. The molecule has 0 atom stereocenters. The number of ether oxygens (including phenoxy) is 1. The first-order valence-corrected chi connectivity index (χ1v) is 9.49. The summed E-state index contributed by atoms with van der Waals surface area (Å²) < 4.78 is 7.04. The maximum Gasteiger partial charge on any atom is 0.313 e. The maximum absolute atomic E-state index is 12.9. The predicted octanol–water partition coefficient (Wildman–Crippen LogP) is 3.92. The summed E-state index contributed by atoms with van der Waals surface area (Å²) in [5.41, 5.74) is 0.951. The molecule has 5 nitrogen and oxygen atoms in total.